The molecular formula is C15H15F3N4O. The molecule has 1 aliphatic rings. The van der Waals surface area contributed by atoms with Crippen molar-refractivity contribution in [3.8, 4) is 0 Å². The van der Waals surface area contributed by atoms with Crippen LogP contribution in [0.25, 0.3) is 10.9 Å². The standard InChI is InChI=1S/C15H15F3N4O/c16-15(17,18)9-1-2-11-10(5-9)12(3-4-21-11)22-13(14(19)23)8-6-20-7-8/h1-5,8,13,20H,6-7H2,(H2,19,23)(H,21,22). The molecule has 5 nitrogen and oxygen atoms in total. The fourth-order valence-corrected chi connectivity index (χ4v) is 2.58. The Morgan fingerprint density at radius 1 is 1.35 bits per heavy atom. The molecule has 3 rings (SSSR count). The number of rotatable bonds is 4. The number of halogens is 3. The minimum absolute atomic E-state index is 0.0153. The van der Waals surface area contributed by atoms with E-state index in [-0.39, 0.29) is 5.92 Å². The van der Waals surface area contributed by atoms with Crippen molar-refractivity contribution in [3.63, 3.8) is 0 Å². The molecule has 1 unspecified atom stereocenters. The first-order valence-corrected chi connectivity index (χ1v) is 7.09. The van der Waals surface area contributed by atoms with E-state index in [1.807, 2.05) is 0 Å². The van der Waals surface area contributed by atoms with E-state index in [1.54, 1.807) is 6.07 Å². The molecule has 1 aromatic carbocycles. The van der Waals surface area contributed by atoms with Gasteiger partial charge in [0.1, 0.15) is 6.04 Å². The van der Waals surface area contributed by atoms with Gasteiger partial charge in [0, 0.05) is 36.3 Å². The van der Waals surface area contributed by atoms with Crippen molar-refractivity contribution in [2.45, 2.75) is 12.2 Å². The van der Waals surface area contributed by atoms with Gasteiger partial charge >= 0.3 is 6.18 Å². The number of carbonyl (C=O) groups is 1. The Kier molecular flexibility index (Phi) is 3.85. The number of aromatic nitrogens is 1. The Morgan fingerprint density at radius 2 is 2.09 bits per heavy atom. The van der Waals surface area contributed by atoms with Crippen LogP contribution in [0.5, 0.6) is 0 Å². The molecule has 23 heavy (non-hydrogen) atoms. The fourth-order valence-electron chi connectivity index (χ4n) is 2.58. The second kappa shape index (κ2) is 5.69. The number of nitrogens with two attached hydrogens (primary N) is 1. The van der Waals surface area contributed by atoms with Crippen LogP contribution in [0.1, 0.15) is 5.56 Å². The highest BCUT2D eigenvalue weighted by molar-refractivity contribution is 5.94. The molecule has 1 amide bonds. The minimum Gasteiger partial charge on any atom is -0.373 e. The summed E-state index contributed by atoms with van der Waals surface area (Å²) >= 11 is 0. The molecule has 2 heterocycles. The minimum atomic E-state index is -4.44. The number of benzene rings is 1. The molecule has 1 atom stereocenters. The van der Waals surface area contributed by atoms with Crippen LogP contribution in [0.3, 0.4) is 0 Å². The first kappa shape index (κ1) is 15.5. The van der Waals surface area contributed by atoms with Gasteiger partial charge in [-0.25, -0.2) is 0 Å². The molecule has 0 bridgehead atoms. The van der Waals surface area contributed by atoms with E-state index in [9.17, 15) is 18.0 Å². The van der Waals surface area contributed by atoms with Crippen LogP contribution in [-0.4, -0.2) is 30.0 Å². The van der Waals surface area contributed by atoms with E-state index in [2.05, 4.69) is 15.6 Å². The van der Waals surface area contributed by atoms with Gasteiger partial charge < -0.3 is 16.4 Å². The summed E-state index contributed by atoms with van der Waals surface area (Å²) < 4.78 is 38.7. The quantitative estimate of drug-likeness (QED) is 0.800. The van der Waals surface area contributed by atoms with Crippen LogP contribution < -0.4 is 16.4 Å². The number of primary amides is 1. The highest BCUT2D eigenvalue weighted by Gasteiger charge is 2.33. The van der Waals surface area contributed by atoms with Crippen molar-refractivity contribution in [2.75, 3.05) is 18.4 Å². The van der Waals surface area contributed by atoms with Crippen molar-refractivity contribution >= 4 is 22.5 Å². The van der Waals surface area contributed by atoms with Crippen LogP contribution in [0.2, 0.25) is 0 Å². The Labute approximate surface area is 130 Å². The maximum atomic E-state index is 12.9. The highest BCUT2D eigenvalue weighted by atomic mass is 19.4. The van der Waals surface area contributed by atoms with Crippen molar-refractivity contribution in [3.05, 3.63) is 36.0 Å². The largest absolute Gasteiger partial charge is 0.416 e. The molecule has 4 N–H and O–H groups in total. The lowest BCUT2D eigenvalue weighted by atomic mass is 9.93. The molecule has 122 valence electrons. The van der Waals surface area contributed by atoms with Gasteiger partial charge in [0.15, 0.2) is 0 Å². The van der Waals surface area contributed by atoms with Gasteiger partial charge in [-0.1, -0.05) is 0 Å². The molecule has 2 aromatic rings. The average molecular weight is 324 g/mol. The zero-order chi connectivity index (χ0) is 16.6. The van der Waals surface area contributed by atoms with E-state index in [0.717, 1.165) is 12.1 Å². The van der Waals surface area contributed by atoms with Gasteiger partial charge in [0.25, 0.3) is 0 Å². The highest BCUT2D eigenvalue weighted by Crippen LogP contribution is 2.33. The van der Waals surface area contributed by atoms with Crippen LogP contribution in [-0.2, 0) is 11.0 Å². The predicted octanol–water partition coefficient (Wildman–Crippen LogP) is 1.74. The third kappa shape index (κ3) is 3.07. The van der Waals surface area contributed by atoms with E-state index in [1.165, 1.54) is 12.3 Å². The lowest BCUT2D eigenvalue weighted by Gasteiger charge is -2.34. The molecule has 0 radical (unpaired) electrons. The molecule has 1 aromatic heterocycles. The summed E-state index contributed by atoms with van der Waals surface area (Å²) in [5.74, 6) is -0.519. The smallest absolute Gasteiger partial charge is 0.373 e. The zero-order valence-electron chi connectivity index (χ0n) is 12.0. The van der Waals surface area contributed by atoms with E-state index in [0.29, 0.717) is 29.7 Å². The SMILES string of the molecule is NC(=O)C(Nc1ccnc2ccc(C(F)(F)F)cc12)C1CNC1. The van der Waals surface area contributed by atoms with E-state index >= 15 is 0 Å². The van der Waals surface area contributed by atoms with Gasteiger partial charge in [-0.2, -0.15) is 13.2 Å². The van der Waals surface area contributed by atoms with Crippen LogP contribution in [0.4, 0.5) is 18.9 Å². The molecule has 0 aliphatic carbocycles. The van der Waals surface area contributed by atoms with Gasteiger partial charge in [0.05, 0.1) is 11.1 Å². The van der Waals surface area contributed by atoms with Gasteiger partial charge in [-0.15, -0.1) is 0 Å². The number of anilines is 1. The van der Waals surface area contributed by atoms with Crippen LogP contribution >= 0.6 is 0 Å². The maximum absolute atomic E-state index is 12.9. The normalized spacial score (nSPS) is 16.8. The number of nitrogens with zero attached hydrogens (tertiary/aromatic N) is 1. The number of fused-ring (bicyclic) bond motifs is 1. The summed E-state index contributed by atoms with van der Waals surface area (Å²) in [6.07, 6.45) is -2.96. The van der Waals surface area contributed by atoms with Gasteiger partial charge in [-0.3, -0.25) is 9.78 Å². The summed E-state index contributed by atoms with van der Waals surface area (Å²) in [6, 6.07) is 4.23. The lowest BCUT2D eigenvalue weighted by Crippen LogP contribution is -2.55. The summed E-state index contributed by atoms with van der Waals surface area (Å²) in [5, 5.41) is 6.33. The molecule has 0 saturated carbocycles. The molecule has 1 aliphatic heterocycles. The average Bonchev–Trinajstić information content (AvgIpc) is 2.43. The molecule has 0 spiro atoms. The Hall–Kier alpha value is -2.35. The summed E-state index contributed by atoms with van der Waals surface area (Å²) in [4.78, 5) is 15.7. The second-order valence-electron chi connectivity index (χ2n) is 5.53. The molecule has 8 heteroatoms. The Balaban J connectivity index is 2.00. The van der Waals surface area contributed by atoms with Gasteiger partial charge in [-0.05, 0) is 24.3 Å². The van der Waals surface area contributed by atoms with Crippen LogP contribution in [0, 0.1) is 5.92 Å². The van der Waals surface area contributed by atoms with Crippen molar-refractivity contribution in [1.82, 2.24) is 10.3 Å². The van der Waals surface area contributed by atoms with Gasteiger partial charge in [0.2, 0.25) is 5.91 Å². The maximum Gasteiger partial charge on any atom is 0.416 e. The monoisotopic (exact) mass is 324 g/mol. The fraction of sp³-hybridized carbons (Fsp3) is 0.333. The summed E-state index contributed by atoms with van der Waals surface area (Å²) in [6.45, 7) is 1.27. The van der Waals surface area contributed by atoms with Crippen LogP contribution in [0.15, 0.2) is 30.5 Å². The van der Waals surface area contributed by atoms with Crippen molar-refractivity contribution in [2.24, 2.45) is 11.7 Å². The number of nitrogens with one attached hydrogen (secondary N) is 2. The third-order valence-electron chi connectivity index (χ3n) is 3.97. The molecule has 1 fully saturated rings. The predicted molar refractivity (Wildman–Crippen MR) is 79.7 cm³/mol. The van der Waals surface area contributed by atoms with Crippen molar-refractivity contribution in [1.29, 1.82) is 0 Å². The topological polar surface area (TPSA) is 80.0 Å². The van der Waals surface area contributed by atoms with Crippen molar-refractivity contribution < 1.29 is 18.0 Å². The number of carbonyl (C=O) groups excluding carboxylic acids is 1. The number of pyridine rings is 1. The number of amides is 1. The summed E-state index contributed by atoms with van der Waals surface area (Å²) in [5.41, 5.74) is 5.48. The summed E-state index contributed by atoms with van der Waals surface area (Å²) in [7, 11) is 0. The van der Waals surface area contributed by atoms with E-state index < -0.39 is 23.7 Å². The van der Waals surface area contributed by atoms with E-state index in [4.69, 9.17) is 5.73 Å². The first-order chi connectivity index (χ1) is 10.9. The number of hydrogen-bond acceptors (Lipinski definition) is 4. The third-order valence-corrected chi connectivity index (χ3v) is 3.97. The number of alkyl halides is 3. The Bertz CT molecular complexity index is 743. The number of hydrogen-bond donors (Lipinski definition) is 3. The second-order valence-corrected chi connectivity index (χ2v) is 5.53. The zero-order valence-corrected chi connectivity index (χ0v) is 12.0. The first-order valence-electron chi connectivity index (χ1n) is 7.09. The Morgan fingerprint density at radius 3 is 2.65 bits per heavy atom. The molecule has 1 saturated heterocycles. The lowest BCUT2D eigenvalue weighted by molar-refractivity contribution is -0.137. The molecular weight excluding hydrogens is 309 g/mol.